The van der Waals surface area contributed by atoms with Crippen molar-refractivity contribution in [2.75, 3.05) is 13.1 Å². The lowest BCUT2D eigenvalue weighted by Crippen LogP contribution is -2.19. The molecule has 1 N–H and O–H groups in total. The molecule has 0 spiro atoms. The third kappa shape index (κ3) is 2.69. The van der Waals surface area contributed by atoms with Crippen molar-refractivity contribution in [3.8, 4) is 17.0 Å². The van der Waals surface area contributed by atoms with Crippen molar-refractivity contribution in [3.63, 3.8) is 0 Å². The Labute approximate surface area is 153 Å². The summed E-state index contributed by atoms with van der Waals surface area (Å²) in [5.41, 5.74) is 1.24. The first-order chi connectivity index (χ1) is 12.7. The summed E-state index contributed by atoms with van der Waals surface area (Å²) < 4.78 is 13.4. The van der Waals surface area contributed by atoms with E-state index in [1.54, 1.807) is 17.4 Å². The second-order valence-corrected chi connectivity index (χ2v) is 7.75. The van der Waals surface area contributed by atoms with E-state index in [0.29, 0.717) is 16.8 Å². The van der Waals surface area contributed by atoms with Gasteiger partial charge in [0, 0.05) is 35.3 Å². The first kappa shape index (κ1) is 15.6. The number of aromatic nitrogens is 2. The Morgan fingerprint density at radius 3 is 3.08 bits per heavy atom. The Morgan fingerprint density at radius 2 is 2.27 bits per heavy atom. The lowest BCUT2D eigenvalue weighted by Gasteiger charge is -2.12. The van der Waals surface area contributed by atoms with Crippen LogP contribution in [0.4, 0.5) is 0 Å². The third-order valence-corrected chi connectivity index (χ3v) is 5.48. The van der Waals surface area contributed by atoms with Crippen molar-refractivity contribution in [2.45, 2.75) is 19.4 Å². The van der Waals surface area contributed by atoms with Gasteiger partial charge in [-0.1, -0.05) is 0 Å². The van der Waals surface area contributed by atoms with Crippen molar-refractivity contribution in [2.24, 2.45) is 0 Å². The summed E-state index contributed by atoms with van der Waals surface area (Å²) in [6, 6.07) is 7.46. The molecule has 1 fully saturated rings. The molecule has 1 atom stereocenters. The predicted molar refractivity (Wildman–Crippen MR) is 101 cm³/mol. The fourth-order valence-corrected chi connectivity index (χ4v) is 4.11. The fraction of sp³-hybridized carbons (Fsp3) is 0.263. The summed E-state index contributed by atoms with van der Waals surface area (Å²) in [7, 11) is 0. The maximum absolute atomic E-state index is 12.5. The number of nitrogens with zero attached hydrogens (tertiary/aromatic N) is 2. The second-order valence-electron chi connectivity index (χ2n) is 6.54. The highest BCUT2D eigenvalue weighted by Gasteiger charge is 2.17. The van der Waals surface area contributed by atoms with E-state index in [-0.39, 0.29) is 11.7 Å². The van der Waals surface area contributed by atoms with Gasteiger partial charge in [-0.05, 0) is 38.1 Å². The number of imidazole rings is 1. The quantitative estimate of drug-likeness (QED) is 0.563. The van der Waals surface area contributed by atoms with E-state index in [2.05, 4.69) is 10.3 Å². The zero-order valence-corrected chi connectivity index (χ0v) is 15.0. The Bertz CT molecular complexity index is 1140. The molecule has 26 heavy (non-hydrogen) atoms. The van der Waals surface area contributed by atoms with Gasteiger partial charge in [0.2, 0.25) is 0 Å². The lowest BCUT2D eigenvalue weighted by atomic mass is 10.1. The molecule has 5 rings (SSSR count). The maximum atomic E-state index is 12.5. The molecule has 0 radical (unpaired) electrons. The molecular weight excluding hydrogens is 350 g/mol. The van der Waals surface area contributed by atoms with Crippen LogP contribution < -0.4 is 15.7 Å². The summed E-state index contributed by atoms with van der Waals surface area (Å²) in [6.45, 7) is 3.85. The van der Waals surface area contributed by atoms with E-state index >= 15 is 0 Å². The molecule has 4 aromatic rings. The van der Waals surface area contributed by atoms with Crippen LogP contribution in [-0.4, -0.2) is 28.6 Å². The van der Waals surface area contributed by atoms with Gasteiger partial charge in [0.15, 0.2) is 4.96 Å². The standard InChI is InChI=1S/C19H17N3O3S/c1-11-9-22-10-16(21-19(22)26-11)15-6-12-2-3-13(7-17(12)25-18(15)23)24-14-4-5-20-8-14/h2-3,6-7,9-10,14,20H,4-5,8H2,1H3/t14-/m1/s1. The van der Waals surface area contributed by atoms with Crippen LogP contribution in [0, 0.1) is 6.92 Å². The molecule has 1 saturated heterocycles. The summed E-state index contributed by atoms with van der Waals surface area (Å²) in [5.74, 6) is 0.722. The molecule has 6 nitrogen and oxygen atoms in total. The van der Waals surface area contributed by atoms with Crippen LogP contribution >= 0.6 is 11.3 Å². The average Bonchev–Trinajstić information content (AvgIpc) is 3.30. The fourth-order valence-electron chi connectivity index (χ4n) is 3.31. The average molecular weight is 367 g/mol. The monoisotopic (exact) mass is 367 g/mol. The van der Waals surface area contributed by atoms with E-state index in [1.807, 2.05) is 41.9 Å². The zero-order chi connectivity index (χ0) is 17.7. The highest BCUT2D eigenvalue weighted by Crippen LogP contribution is 2.26. The van der Waals surface area contributed by atoms with Crippen molar-refractivity contribution < 1.29 is 9.15 Å². The van der Waals surface area contributed by atoms with E-state index in [4.69, 9.17) is 9.15 Å². The number of fused-ring (bicyclic) bond motifs is 2. The number of benzene rings is 1. The Morgan fingerprint density at radius 1 is 1.35 bits per heavy atom. The molecule has 0 saturated carbocycles. The van der Waals surface area contributed by atoms with Crippen molar-refractivity contribution in [1.82, 2.24) is 14.7 Å². The topological polar surface area (TPSA) is 68.8 Å². The van der Waals surface area contributed by atoms with Gasteiger partial charge in [-0.25, -0.2) is 9.78 Å². The molecule has 0 unspecified atom stereocenters. The summed E-state index contributed by atoms with van der Waals surface area (Å²) in [6.07, 6.45) is 5.01. The number of ether oxygens (including phenoxy) is 1. The number of aryl methyl sites for hydroxylation is 1. The van der Waals surface area contributed by atoms with Crippen molar-refractivity contribution in [3.05, 3.63) is 52.0 Å². The van der Waals surface area contributed by atoms with Crippen LogP contribution in [0.5, 0.6) is 5.75 Å². The zero-order valence-electron chi connectivity index (χ0n) is 14.2. The minimum Gasteiger partial charge on any atom is -0.489 e. The van der Waals surface area contributed by atoms with E-state index in [0.717, 1.165) is 35.6 Å². The predicted octanol–water partition coefficient (Wildman–Crippen LogP) is 3.22. The van der Waals surface area contributed by atoms with Gasteiger partial charge in [-0.15, -0.1) is 11.3 Å². The first-order valence-corrected chi connectivity index (χ1v) is 9.38. The molecule has 0 bridgehead atoms. The van der Waals surface area contributed by atoms with Gasteiger partial charge in [0.05, 0.1) is 11.3 Å². The Balaban J connectivity index is 1.53. The van der Waals surface area contributed by atoms with E-state index < -0.39 is 0 Å². The largest absolute Gasteiger partial charge is 0.489 e. The minimum absolute atomic E-state index is 0.167. The molecule has 4 heterocycles. The molecule has 0 aliphatic carbocycles. The highest BCUT2D eigenvalue weighted by atomic mass is 32.1. The van der Waals surface area contributed by atoms with Gasteiger partial charge in [-0.3, -0.25) is 4.40 Å². The molecule has 1 aliphatic rings. The van der Waals surface area contributed by atoms with Crippen molar-refractivity contribution >= 4 is 27.3 Å². The third-order valence-electron chi connectivity index (χ3n) is 4.57. The molecular formula is C19H17N3O3S. The van der Waals surface area contributed by atoms with Crippen molar-refractivity contribution in [1.29, 1.82) is 0 Å². The van der Waals surface area contributed by atoms with Crippen LogP contribution in [0.3, 0.4) is 0 Å². The van der Waals surface area contributed by atoms with Gasteiger partial charge < -0.3 is 14.5 Å². The molecule has 7 heteroatoms. The first-order valence-electron chi connectivity index (χ1n) is 8.56. The number of rotatable bonds is 3. The number of nitrogens with one attached hydrogen (secondary N) is 1. The molecule has 1 aromatic carbocycles. The molecule has 1 aliphatic heterocycles. The van der Waals surface area contributed by atoms with Crippen LogP contribution in [0.15, 0.2) is 45.9 Å². The summed E-state index contributed by atoms with van der Waals surface area (Å²) in [5, 5.41) is 4.12. The normalized spacial score (nSPS) is 17.3. The van der Waals surface area contributed by atoms with Crippen LogP contribution in [0.25, 0.3) is 27.2 Å². The van der Waals surface area contributed by atoms with Gasteiger partial charge in [-0.2, -0.15) is 0 Å². The molecule has 3 aromatic heterocycles. The highest BCUT2D eigenvalue weighted by molar-refractivity contribution is 7.17. The SMILES string of the molecule is Cc1cn2cc(-c3cc4ccc(O[C@@H]5CCNC5)cc4oc3=O)nc2s1. The lowest BCUT2D eigenvalue weighted by molar-refractivity contribution is 0.223. The van der Waals surface area contributed by atoms with E-state index in [1.165, 1.54) is 4.88 Å². The second kappa shape index (κ2) is 5.96. The molecule has 132 valence electrons. The van der Waals surface area contributed by atoms with Crippen LogP contribution in [-0.2, 0) is 0 Å². The maximum Gasteiger partial charge on any atom is 0.345 e. The van der Waals surface area contributed by atoms with Crippen LogP contribution in [0.2, 0.25) is 0 Å². The molecule has 0 amide bonds. The van der Waals surface area contributed by atoms with Gasteiger partial charge in [0.25, 0.3) is 0 Å². The summed E-state index contributed by atoms with van der Waals surface area (Å²) in [4.78, 5) is 19.1. The number of hydrogen-bond acceptors (Lipinski definition) is 6. The summed E-state index contributed by atoms with van der Waals surface area (Å²) >= 11 is 1.59. The van der Waals surface area contributed by atoms with Crippen LogP contribution in [0.1, 0.15) is 11.3 Å². The number of hydrogen-bond donors (Lipinski definition) is 1. The number of thiazole rings is 1. The van der Waals surface area contributed by atoms with Gasteiger partial charge >= 0.3 is 5.63 Å². The smallest absolute Gasteiger partial charge is 0.345 e. The Hall–Kier alpha value is -2.64. The Kier molecular flexibility index (Phi) is 3.58. The minimum atomic E-state index is -0.389. The van der Waals surface area contributed by atoms with Gasteiger partial charge in [0.1, 0.15) is 17.4 Å². The van der Waals surface area contributed by atoms with E-state index in [9.17, 15) is 4.79 Å².